The topological polar surface area (TPSA) is 86.0 Å². The van der Waals surface area contributed by atoms with Gasteiger partial charge in [-0.1, -0.05) is 11.3 Å². The summed E-state index contributed by atoms with van der Waals surface area (Å²) in [7, 11) is 1.64. The highest BCUT2D eigenvalue weighted by molar-refractivity contribution is 9.10. The minimum atomic E-state index is 0.443. The zero-order valence-corrected chi connectivity index (χ0v) is 15.7. The number of nitrogen functional groups attached to an aromatic ring is 1. The van der Waals surface area contributed by atoms with E-state index < -0.39 is 0 Å². The number of aryl methyl sites for hydroxylation is 1. The molecule has 3 N–H and O–H groups in total. The first kappa shape index (κ1) is 16.3. The van der Waals surface area contributed by atoms with Gasteiger partial charge in [0, 0.05) is 17.0 Å². The van der Waals surface area contributed by atoms with E-state index in [1.807, 2.05) is 24.4 Å². The number of ether oxygens (including phenoxy) is 1. The van der Waals surface area contributed by atoms with Crippen molar-refractivity contribution in [3.05, 3.63) is 33.4 Å². The Hall–Kier alpha value is -1.55. The number of hydrogen-bond donors (Lipinski definition) is 2. The number of halogens is 1. The van der Waals surface area contributed by atoms with Gasteiger partial charge in [-0.25, -0.2) is 15.0 Å². The van der Waals surface area contributed by atoms with E-state index in [-0.39, 0.29) is 0 Å². The second kappa shape index (κ2) is 6.91. The molecule has 3 aromatic heterocycles. The van der Waals surface area contributed by atoms with E-state index in [0.717, 1.165) is 37.4 Å². The molecule has 0 aromatic carbocycles. The van der Waals surface area contributed by atoms with Crippen LogP contribution >= 0.6 is 38.6 Å². The van der Waals surface area contributed by atoms with Crippen molar-refractivity contribution in [1.29, 1.82) is 0 Å². The molecule has 120 valence electrons. The Balaban J connectivity index is 1.82. The zero-order valence-electron chi connectivity index (χ0n) is 12.5. The van der Waals surface area contributed by atoms with Gasteiger partial charge in [0.15, 0.2) is 10.3 Å². The van der Waals surface area contributed by atoms with E-state index in [4.69, 9.17) is 10.5 Å². The highest BCUT2D eigenvalue weighted by atomic mass is 79.9. The van der Waals surface area contributed by atoms with Gasteiger partial charge in [-0.15, -0.1) is 11.3 Å². The van der Waals surface area contributed by atoms with Gasteiger partial charge in [-0.05, 0) is 35.0 Å². The van der Waals surface area contributed by atoms with Crippen LogP contribution in [0.1, 0.15) is 11.4 Å². The molecule has 6 nitrogen and oxygen atoms in total. The zero-order chi connectivity index (χ0) is 16.4. The molecule has 0 bridgehead atoms. The van der Waals surface area contributed by atoms with Gasteiger partial charge in [-0.2, -0.15) is 0 Å². The lowest BCUT2D eigenvalue weighted by Crippen LogP contribution is -1.99. The summed E-state index contributed by atoms with van der Waals surface area (Å²) in [5.41, 5.74) is 8.35. The summed E-state index contributed by atoms with van der Waals surface area (Å²) in [5.74, 6) is 0.724. The summed E-state index contributed by atoms with van der Waals surface area (Å²) in [6.07, 6.45) is 0. The largest absolute Gasteiger partial charge is 0.378 e. The molecule has 3 rings (SSSR count). The van der Waals surface area contributed by atoms with Crippen molar-refractivity contribution >= 4 is 54.7 Å². The van der Waals surface area contributed by atoms with Gasteiger partial charge >= 0.3 is 0 Å². The van der Waals surface area contributed by atoms with Crippen LogP contribution in [0.2, 0.25) is 0 Å². The first-order valence-corrected chi connectivity index (χ1v) is 9.16. The number of nitrogens with one attached hydrogen (secondary N) is 1. The highest BCUT2D eigenvalue weighted by Gasteiger charge is 2.12. The molecule has 0 amide bonds. The Morgan fingerprint density at radius 1 is 1.30 bits per heavy atom. The minimum absolute atomic E-state index is 0.443. The molecule has 0 saturated heterocycles. The lowest BCUT2D eigenvalue weighted by atomic mass is 10.3. The number of hydrogen-bond acceptors (Lipinski definition) is 8. The first-order valence-electron chi connectivity index (χ1n) is 6.67. The lowest BCUT2D eigenvalue weighted by molar-refractivity contribution is 0.181. The highest BCUT2D eigenvalue weighted by Crippen LogP contribution is 2.34. The van der Waals surface area contributed by atoms with Crippen molar-refractivity contribution < 1.29 is 4.74 Å². The Morgan fingerprint density at radius 2 is 2.13 bits per heavy atom. The monoisotopic (exact) mass is 411 g/mol. The second-order valence-electron chi connectivity index (χ2n) is 4.69. The number of aromatic nitrogens is 3. The van der Waals surface area contributed by atoms with Gasteiger partial charge in [0.1, 0.15) is 5.82 Å². The number of thiazole rings is 2. The Labute approximate surface area is 149 Å². The Morgan fingerprint density at radius 3 is 2.83 bits per heavy atom. The third-order valence-corrected chi connectivity index (χ3v) is 5.47. The summed E-state index contributed by atoms with van der Waals surface area (Å²) in [5, 5.41) is 6.53. The van der Waals surface area contributed by atoms with Crippen molar-refractivity contribution in [1.82, 2.24) is 15.0 Å². The maximum absolute atomic E-state index is 5.75. The van der Waals surface area contributed by atoms with Crippen molar-refractivity contribution in [2.45, 2.75) is 13.5 Å². The molecule has 3 aromatic rings. The molecular weight excluding hydrogens is 398 g/mol. The smallest absolute Gasteiger partial charge is 0.188 e. The average Bonchev–Trinajstić information content (AvgIpc) is 3.09. The molecule has 23 heavy (non-hydrogen) atoms. The normalized spacial score (nSPS) is 10.9. The van der Waals surface area contributed by atoms with E-state index in [9.17, 15) is 0 Å². The van der Waals surface area contributed by atoms with E-state index in [1.54, 1.807) is 7.11 Å². The van der Waals surface area contributed by atoms with Crippen LogP contribution in [0.15, 0.2) is 22.0 Å². The minimum Gasteiger partial charge on any atom is -0.378 e. The molecule has 0 aliphatic rings. The van der Waals surface area contributed by atoms with Crippen molar-refractivity contribution in [3.8, 4) is 10.6 Å². The maximum atomic E-state index is 5.75. The summed E-state index contributed by atoms with van der Waals surface area (Å²) in [4.78, 5) is 14.3. The molecule has 3 heterocycles. The van der Waals surface area contributed by atoms with Crippen LogP contribution in [0.4, 0.5) is 16.1 Å². The standard InChI is InChI=1S/C14H14BrN5OS2/c1-7-12(23-13(16)17-7)10-6-22-14(19-10)20-11-4-3-8(15)9(18-11)5-21-2/h3-4,6H,5H2,1-2H3,(H2,16,17)(H,18,19,20). The summed E-state index contributed by atoms with van der Waals surface area (Å²) in [6, 6.07) is 3.83. The van der Waals surface area contributed by atoms with Gasteiger partial charge < -0.3 is 15.8 Å². The van der Waals surface area contributed by atoms with Gasteiger partial charge in [0.05, 0.1) is 28.6 Å². The molecular formula is C14H14BrN5OS2. The number of pyridine rings is 1. The number of nitrogens with zero attached hydrogens (tertiary/aromatic N) is 3. The van der Waals surface area contributed by atoms with Gasteiger partial charge in [-0.3, -0.25) is 0 Å². The SMILES string of the molecule is COCc1nc(Nc2nc(-c3sc(N)nc3C)cs2)ccc1Br. The number of methoxy groups -OCH3 is 1. The maximum Gasteiger partial charge on any atom is 0.188 e. The summed E-state index contributed by atoms with van der Waals surface area (Å²) >= 11 is 6.42. The van der Waals surface area contributed by atoms with E-state index in [1.165, 1.54) is 22.7 Å². The molecule has 0 fully saturated rings. The quantitative estimate of drug-likeness (QED) is 0.653. The van der Waals surface area contributed by atoms with Gasteiger partial charge in [0.2, 0.25) is 0 Å². The molecule has 0 spiro atoms. The van der Waals surface area contributed by atoms with Crippen molar-refractivity contribution in [2.24, 2.45) is 0 Å². The van der Waals surface area contributed by atoms with Crippen molar-refractivity contribution in [3.63, 3.8) is 0 Å². The molecule has 9 heteroatoms. The van der Waals surface area contributed by atoms with Crippen LogP contribution in [0, 0.1) is 6.92 Å². The van der Waals surface area contributed by atoms with Crippen LogP contribution in [0.25, 0.3) is 10.6 Å². The number of rotatable bonds is 5. The van der Waals surface area contributed by atoms with Crippen LogP contribution in [0.3, 0.4) is 0 Å². The van der Waals surface area contributed by atoms with E-state index in [2.05, 4.69) is 36.2 Å². The molecule has 0 radical (unpaired) electrons. The fourth-order valence-corrected chi connectivity index (χ4v) is 3.90. The average molecular weight is 412 g/mol. The molecule has 0 aliphatic heterocycles. The van der Waals surface area contributed by atoms with Gasteiger partial charge in [0.25, 0.3) is 0 Å². The molecule has 0 unspecified atom stereocenters. The van der Waals surface area contributed by atoms with Crippen LogP contribution in [0.5, 0.6) is 0 Å². The molecule has 0 aliphatic carbocycles. The van der Waals surface area contributed by atoms with Crippen LogP contribution in [-0.2, 0) is 11.3 Å². The van der Waals surface area contributed by atoms with Crippen LogP contribution < -0.4 is 11.1 Å². The van der Waals surface area contributed by atoms with E-state index in [0.29, 0.717) is 11.7 Å². The predicted molar refractivity (Wildman–Crippen MR) is 98.3 cm³/mol. The fourth-order valence-electron chi connectivity index (χ4n) is 1.99. The third kappa shape index (κ3) is 3.69. The Bertz CT molecular complexity index is 832. The fraction of sp³-hybridized carbons (Fsp3) is 0.214. The lowest BCUT2D eigenvalue weighted by Gasteiger charge is -2.06. The molecule has 0 saturated carbocycles. The second-order valence-corrected chi connectivity index (χ2v) is 7.43. The van der Waals surface area contributed by atoms with Crippen LogP contribution in [-0.4, -0.2) is 22.1 Å². The molecule has 0 atom stereocenters. The Kier molecular flexibility index (Phi) is 4.90. The predicted octanol–water partition coefficient (Wildman–Crippen LogP) is 4.20. The van der Waals surface area contributed by atoms with E-state index >= 15 is 0 Å². The summed E-state index contributed by atoms with van der Waals surface area (Å²) in [6.45, 7) is 2.38. The number of nitrogens with two attached hydrogens (primary N) is 1. The number of anilines is 3. The third-order valence-electron chi connectivity index (χ3n) is 2.98. The van der Waals surface area contributed by atoms with Crippen molar-refractivity contribution in [2.75, 3.05) is 18.2 Å². The summed E-state index contributed by atoms with van der Waals surface area (Å²) < 4.78 is 6.06. The first-order chi connectivity index (χ1) is 11.1.